The molecule has 1 atom stereocenters. The molecule has 3 nitrogen and oxygen atoms in total. The van der Waals surface area contributed by atoms with Crippen molar-refractivity contribution in [1.29, 1.82) is 0 Å². The molecule has 0 saturated carbocycles. The van der Waals surface area contributed by atoms with E-state index in [4.69, 9.17) is 10.5 Å². The fourth-order valence-corrected chi connectivity index (χ4v) is 2.48. The number of hydrogen-bond acceptors (Lipinski definition) is 3. The maximum Gasteiger partial charge on any atom is 0.137 e. The highest BCUT2D eigenvalue weighted by Gasteiger charge is 2.13. The van der Waals surface area contributed by atoms with Gasteiger partial charge in [-0.15, -0.1) is 0 Å². The molecule has 0 aliphatic carbocycles. The first-order valence-corrected chi connectivity index (χ1v) is 7.50. The number of halogens is 1. The van der Waals surface area contributed by atoms with Crippen molar-refractivity contribution in [3.8, 4) is 5.75 Å². The van der Waals surface area contributed by atoms with Gasteiger partial charge in [0.2, 0.25) is 0 Å². The van der Waals surface area contributed by atoms with Gasteiger partial charge in [0, 0.05) is 10.7 Å². The van der Waals surface area contributed by atoms with Crippen LogP contribution in [-0.4, -0.2) is 11.6 Å². The number of benzene rings is 1. The smallest absolute Gasteiger partial charge is 0.137 e. The summed E-state index contributed by atoms with van der Waals surface area (Å²) in [6.07, 6.45) is 4.48. The third kappa shape index (κ3) is 3.58. The minimum Gasteiger partial charge on any atom is -0.492 e. The lowest BCUT2D eigenvalue weighted by Gasteiger charge is -2.16. The monoisotopic (exact) mass is 334 g/mol. The molecule has 2 rings (SSSR count). The molecule has 0 saturated heterocycles. The van der Waals surface area contributed by atoms with E-state index in [0.29, 0.717) is 6.61 Å². The van der Waals surface area contributed by atoms with Gasteiger partial charge in [0.25, 0.3) is 0 Å². The SMILES string of the molecule is CCCOc1cncc(C(N)c2cc(C)ccc2Br)c1. The molecule has 4 heteroatoms. The van der Waals surface area contributed by atoms with Crippen LogP contribution in [0.2, 0.25) is 0 Å². The van der Waals surface area contributed by atoms with Crippen LogP contribution in [0.3, 0.4) is 0 Å². The Morgan fingerprint density at radius 2 is 2.10 bits per heavy atom. The molecule has 0 bridgehead atoms. The van der Waals surface area contributed by atoms with E-state index in [-0.39, 0.29) is 6.04 Å². The van der Waals surface area contributed by atoms with E-state index in [1.165, 1.54) is 5.56 Å². The molecule has 0 fully saturated rings. The van der Waals surface area contributed by atoms with Crippen LogP contribution in [0.1, 0.15) is 36.1 Å². The van der Waals surface area contributed by atoms with E-state index in [1.807, 2.05) is 12.1 Å². The maximum atomic E-state index is 6.36. The van der Waals surface area contributed by atoms with Gasteiger partial charge in [0.05, 0.1) is 18.8 Å². The molecular formula is C16H19BrN2O. The topological polar surface area (TPSA) is 48.1 Å². The number of aryl methyl sites for hydroxylation is 1. The summed E-state index contributed by atoms with van der Waals surface area (Å²) < 4.78 is 6.62. The molecule has 1 heterocycles. The van der Waals surface area contributed by atoms with Gasteiger partial charge in [0.15, 0.2) is 0 Å². The predicted octanol–water partition coefficient (Wildman–Crippen LogP) is 3.99. The Morgan fingerprint density at radius 3 is 2.85 bits per heavy atom. The average molecular weight is 335 g/mol. The summed E-state index contributed by atoms with van der Waals surface area (Å²) in [6, 6.07) is 7.91. The highest BCUT2D eigenvalue weighted by molar-refractivity contribution is 9.10. The van der Waals surface area contributed by atoms with Crippen LogP contribution in [0.25, 0.3) is 0 Å². The molecule has 0 spiro atoms. The molecule has 106 valence electrons. The Labute approximate surface area is 128 Å². The number of aromatic nitrogens is 1. The van der Waals surface area contributed by atoms with Gasteiger partial charge in [-0.2, -0.15) is 0 Å². The largest absolute Gasteiger partial charge is 0.492 e. The molecule has 1 aromatic heterocycles. The second-order valence-corrected chi connectivity index (χ2v) is 5.66. The lowest BCUT2D eigenvalue weighted by Crippen LogP contribution is -2.13. The highest BCUT2D eigenvalue weighted by atomic mass is 79.9. The molecule has 0 amide bonds. The number of nitrogens with two attached hydrogens (primary N) is 1. The number of pyridine rings is 1. The summed E-state index contributed by atoms with van der Waals surface area (Å²) in [5.41, 5.74) is 9.55. The van der Waals surface area contributed by atoms with Crippen LogP contribution in [0, 0.1) is 6.92 Å². The number of nitrogens with zero attached hydrogens (tertiary/aromatic N) is 1. The second-order valence-electron chi connectivity index (χ2n) is 4.81. The van der Waals surface area contributed by atoms with E-state index in [0.717, 1.165) is 27.8 Å². The zero-order valence-corrected chi connectivity index (χ0v) is 13.4. The zero-order valence-electron chi connectivity index (χ0n) is 11.8. The molecule has 20 heavy (non-hydrogen) atoms. The molecule has 2 aromatic rings. The summed E-state index contributed by atoms with van der Waals surface area (Å²) in [6.45, 7) is 4.82. The molecule has 1 unspecified atom stereocenters. The van der Waals surface area contributed by atoms with Gasteiger partial charge in [0.1, 0.15) is 5.75 Å². The minimum absolute atomic E-state index is 0.220. The van der Waals surface area contributed by atoms with Gasteiger partial charge in [-0.3, -0.25) is 4.98 Å². The van der Waals surface area contributed by atoms with Crippen molar-refractivity contribution in [3.63, 3.8) is 0 Å². The third-order valence-electron chi connectivity index (χ3n) is 3.05. The van der Waals surface area contributed by atoms with Gasteiger partial charge < -0.3 is 10.5 Å². The summed E-state index contributed by atoms with van der Waals surface area (Å²) in [5.74, 6) is 0.767. The van der Waals surface area contributed by atoms with Gasteiger partial charge in [-0.05, 0) is 36.6 Å². The zero-order chi connectivity index (χ0) is 14.5. The fraction of sp³-hybridized carbons (Fsp3) is 0.312. The molecule has 0 aliphatic heterocycles. The van der Waals surface area contributed by atoms with Crippen LogP contribution in [-0.2, 0) is 0 Å². The normalized spacial score (nSPS) is 12.2. The van der Waals surface area contributed by atoms with Crippen LogP contribution >= 0.6 is 15.9 Å². The van der Waals surface area contributed by atoms with Crippen LogP contribution in [0.5, 0.6) is 5.75 Å². The predicted molar refractivity (Wildman–Crippen MR) is 84.9 cm³/mol. The van der Waals surface area contributed by atoms with Crippen molar-refractivity contribution in [2.75, 3.05) is 6.61 Å². The quantitative estimate of drug-likeness (QED) is 0.899. The Kier molecular flexibility index (Phi) is 5.15. The van der Waals surface area contributed by atoms with E-state index in [1.54, 1.807) is 12.4 Å². The number of ether oxygens (including phenoxy) is 1. The van der Waals surface area contributed by atoms with Gasteiger partial charge in [-0.1, -0.05) is 40.5 Å². The van der Waals surface area contributed by atoms with Crippen molar-refractivity contribution >= 4 is 15.9 Å². The Balaban J connectivity index is 2.28. The molecular weight excluding hydrogens is 316 g/mol. The van der Waals surface area contributed by atoms with Crippen molar-refractivity contribution < 1.29 is 4.74 Å². The lowest BCUT2D eigenvalue weighted by molar-refractivity contribution is 0.315. The number of rotatable bonds is 5. The Hall–Kier alpha value is -1.39. The van der Waals surface area contributed by atoms with Crippen molar-refractivity contribution in [1.82, 2.24) is 4.98 Å². The maximum absolute atomic E-state index is 6.36. The summed E-state index contributed by atoms with van der Waals surface area (Å²) in [5, 5.41) is 0. The minimum atomic E-state index is -0.220. The first-order chi connectivity index (χ1) is 9.61. The van der Waals surface area contributed by atoms with Crippen molar-refractivity contribution in [2.45, 2.75) is 26.3 Å². The fourth-order valence-electron chi connectivity index (χ4n) is 1.99. The lowest BCUT2D eigenvalue weighted by atomic mass is 9.99. The van der Waals surface area contributed by atoms with E-state index in [2.05, 4.69) is 46.9 Å². The van der Waals surface area contributed by atoms with E-state index in [9.17, 15) is 0 Å². The molecule has 0 radical (unpaired) electrons. The standard InChI is InChI=1S/C16H19BrN2O/c1-3-6-20-13-8-12(9-19-10-13)16(18)14-7-11(2)4-5-15(14)17/h4-5,7-10,16H,3,6,18H2,1-2H3. The average Bonchev–Trinajstić information content (AvgIpc) is 2.47. The van der Waals surface area contributed by atoms with Gasteiger partial charge >= 0.3 is 0 Å². The summed E-state index contributed by atoms with van der Waals surface area (Å²) in [4.78, 5) is 4.22. The van der Waals surface area contributed by atoms with E-state index >= 15 is 0 Å². The van der Waals surface area contributed by atoms with Crippen LogP contribution in [0.15, 0.2) is 41.1 Å². The van der Waals surface area contributed by atoms with Crippen molar-refractivity contribution in [3.05, 3.63) is 57.8 Å². The van der Waals surface area contributed by atoms with Crippen LogP contribution in [0.4, 0.5) is 0 Å². The third-order valence-corrected chi connectivity index (χ3v) is 3.78. The molecule has 2 N–H and O–H groups in total. The molecule has 0 aliphatic rings. The first-order valence-electron chi connectivity index (χ1n) is 6.71. The first kappa shape index (κ1) is 15.0. The Bertz CT molecular complexity index is 586. The highest BCUT2D eigenvalue weighted by Crippen LogP contribution is 2.28. The van der Waals surface area contributed by atoms with Crippen LogP contribution < -0.4 is 10.5 Å². The number of hydrogen-bond donors (Lipinski definition) is 1. The Morgan fingerprint density at radius 1 is 1.30 bits per heavy atom. The van der Waals surface area contributed by atoms with Gasteiger partial charge in [-0.25, -0.2) is 0 Å². The summed E-state index contributed by atoms with van der Waals surface area (Å²) >= 11 is 3.56. The molecule has 1 aromatic carbocycles. The van der Waals surface area contributed by atoms with E-state index < -0.39 is 0 Å². The second kappa shape index (κ2) is 6.86. The summed E-state index contributed by atoms with van der Waals surface area (Å²) in [7, 11) is 0. The van der Waals surface area contributed by atoms with Crippen molar-refractivity contribution in [2.24, 2.45) is 5.73 Å².